The lowest BCUT2D eigenvalue weighted by molar-refractivity contribution is 0.0731. The number of amides is 2. The van der Waals surface area contributed by atoms with Gasteiger partial charge in [0.05, 0.1) is 19.2 Å². The molecule has 0 bridgehead atoms. The number of carbonyl (C=O) groups excluding carboxylic acids is 2. The van der Waals surface area contributed by atoms with Crippen LogP contribution in [0.1, 0.15) is 40.4 Å². The number of aryl methyl sites for hydroxylation is 1. The maximum atomic E-state index is 12.8. The van der Waals surface area contributed by atoms with Gasteiger partial charge >= 0.3 is 0 Å². The van der Waals surface area contributed by atoms with Crippen LogP contribution in [0.5, 0.6) is 5.75 Å². The number of hydrogen-bond acceptors (Lipinski definition) is 5. The first kappa shape index (κ1) is 19.9. The summed E-state index contributed by atoms with van der Waals surface area (Å²) in [5.74, 6) is 0.170. The first-order valence-corrected chi connectivity index (χ1v) is 9.57. The molecule has 2 aromatic rings. The standard InChI is InChI=1S/C20H26N4O4/c1-3-14-6-5-7-16(10-14)28-9-8-23(4-2)20(27)17-11-18-19(26)21-12-15(25)13-24(18)22-17/h5-7,10-11,15,25H,3-4,8-9,12-13H2,1-2H3,(H,21,26). The van der Waals surface area contributed by atoms with Gasteiger partial charge in [0.15, 0.2) is 5.69 Å². The Morgan fingerprint density at radius 2 is 2.21 bits per heavy atom. The number of ether oxygens (including phenoxy) is 1. The summed E-state index contributed by atoms with van der Waals surface area (Å²) in [6.07, 6.45) is 0.201. The number of fused-ring (bicyclic) bond motifs is 1. The lowest BCUT2D eigenvalue weighted by Crippen LogP contribution is -2.35. The highest BCUT2D eigenvalue weighted by atomic mass is 16.5. The molecular formula is C20H26N4O4. The highest BCUT2D eigenvalue weighted by Crippen LogP contribution is 2.14. The normalized spacial score (nSPS) is 16.1. The molecule has 1 atom stereocenters. The van der Waals surface area contributed by atoms with Crippen molar-refractivity contribution in [1.82, 2.24) is 20.0 Å². The van der Waals surface area contributed by atoms with E-state index in [0.717, 1.165) is 12.2 Å². The highest BCUT2D eigenvalue weighted by Gasteiger charge is 2.26. The van der Waals surface area contributed by atoms with Crippen LogP contribution in [0.3, 0.4) is 0 Å². The van der Waals surface area contributed by atoms with Crippen molar-refractivity contribution in [3.05, 3.63) is 47.3 Å². The lowest BCUT2D eigenvalue weighted by Gasteiger charge is -2.20. The number of likely N-dealkylation sites (N-methyl/N-ethyl adjacent to an activating group) is 1. The molecule has 150 valence electrons. The van der Waals surface area contributed by atoms with Crippen LogP contribution in [0.2, 0.25) is 0 Å². The molecule has 1 aromatic carbocycles. The number of aromatic nitrogens is 2. The van der Waals surface area contributed by atoms with Crippen LogP contribution in [-0.2, 0) is 13.0 Å². The summed E-state index contributed by atoms with van der Waals surface area (Å²) in [7, 11) is 0. The van der Waals surface area contributed by atoms with Crippen molar-refractivity contribution in [2.45, 2.75) is 32.9 Å². The number of β-amino-alcohol motifs (C(OH)–C–C–N with tert-alkyl or cyclic N) is 1. The summed E-state index contributed by atoms with van der Waals surface area (Å²) in [6, 6.07) is 9.37. The number of aliphatic hydroxyl groups excluding tert-OH is 1. The predicted octanol–water partition coefficient (Wildman–Crippen LogP) is 1.09. The van der Waals surface area contributed by atoms with Gasteiger partial charge in [-0.05, 0) is 31.0 Å². The fourth-order valence-electron chi connectivity index (χ4n) is 3.10. The summed E-state index contributed by atoms with van der Waals surface area (Å²) in [5, 5.41) is 16.7. The average Bonchev–Trinajstić information content (AvgIpc) is 3.07. The Hall–Kier alpha value is -2.87. The van der Waals surface area contributed by atoms with E-state index in [1.807, 2.05) is 31.2 Å². The molecule has 1 aliphatic heterocycles. The summed E-state index contributed by atoms with van der Waals surface area (Å²) in [6.45, 7) is 5.57. The van der Waals surface area contributed by atoms with E-state index in [1.54, 1.807) is 4.90 Å². The van der Waals surface area contributed by atoms with E-state index < -0.39 is 6.10 Å². The molecular weight excluding hydrogens is 360 g/mol. The Morgan fingerprint density at radius 1 is 1.39 bits per heavy atom. The Bertz CT molecular complexity index is 848. The van der Waals surface area contributed by atoms with Gasteiger partial charge in [-0.3, -0.25) is 14.3 Å². The quantitative estimate of drug-likeness (QED) is 0.743. The van der Waals surface area contributed by atoms with Gasteiger partial charge in [0.25, 0.3) is 11.8 Å². The van der Waals surface area contributed by atoms with Crippen molar-refractivity contribution in [2.24, 2.45) is 0 Å². The van der Waals surface area contributed by atoms with Gasteiger partial charge in [0.2, 0.25) is 0 Å². The molecule has 8 nitrogen and oxygen atoms in total. The van der Waals surface area contributed by atoms with Gasteiger partial charge in [-0.15, -0.1) is 0 Å². The average molecular weight is 386 g/mol. The summed E-state index contributed by atoms with van der Waals surface area (Å²) in [5.41, 5.74) is 1.67. The molecule has 0 radical (unpaired) electrons. The van der Waals surface area contributed by atoms with E-state index in [-0.39, 0.29) is 36.3 Å². The number of rotatable bonds is 7. The third-order valence-electron chi connectivity index (χ3n) is 4.72. The molecule has 0 saturated heterocycles. The van der Waals surface area contributed by atoms with Crippen molar-refractivity contribution in [1.29, 1.82) is 0 Å². The maximum Gasteiger partial charge on any atom is 0.274 e. The van der Waals surface area contributed by atoms with E-state index in [4.69, 9.17) is 4.74 Å². The zero-order chi connectivity index (χ0) is 20.1. The van der Waals surface area contributed by atoms with E-state index in [0.29, 0.717) is 19.7 Å². The minimum Gasteiger partial charge on any atom is -0.492 e. The van der Waals surface area contributed by atoms with E-state index in [1.165, 1.54) is 16.3 Å². The van der Waals surface area contributed by atoms with Crippen LogP contribution >= 0.6 is 0 Å². The molecule has 3 rings (SSSR count). The number of carbonyl (C=O) groups is 2. The predicted molar refractivity (Wildman–Crippen MR) is 103 cm³/mol. The molecule has 2 heterocycles. The number of nitrogens with one attached hydrogen (secondary N) is 1. The zero-order valence-electron chi connectivity index (χ0n) is 16.2. The summed E-state index contributed by atoms with van der Waals surface area (Å²) < 4.78 is 7.17. The summed E-state index contributed by atoms with van der Waals surface area (Å²) >= 11 is 0. The van der Waals surface area contributed by atoms with E-state index in [9.17, 15) is 14.7 Å². The van der Waals surface area contributed by atoms with Crippen LogP contribution in [-0.4, -0.2) is 63.9 Å². The Morgan fingerprint density at radius 3 is 2.96 bits per heavy atom. The van der Waals surface area contributed by atoms with Crippen LogP contribution in [0.4, 0.5) is 0 Å². The highest BCUT2D eigenvalue weighted by molar-refractivity contribution is 5.98. The topological polar surface area (TPSA) is 96.7 Å². The second-order valence-electron chi connectivity index (χ2n) is 6.70. The molecule has 1 aromatic heterocycles. The van der Waals surface area contributed by atoms with Crippen LogP contribution in [0.25, 0.3) is 0 Å². The molecule has 2 N–H and O–H groups in total. The third-order valence-corrected chi connectivity index (χ3v) is 4.72. The molecule has 1 unspecified atom stereocenters. The second kappa shape index (κ2) is 8.88. The molecule has 2 amide bonds. The van der Waals surface area contributed by atoms with Crippen LogP contribution < -0.4 is 10.1 Å². The van der Waals surface area contributed by atoms with Gasteiger partial charge < -0.3 is 20.1 Å². The smallest absolute Gasteiger partial charge is 0.274 e. The van der Waals surface area contributed by atoms with Gasteiger partial charge in [0.1, 0.15) is 18.1 Å². The Labute approximate surface area is 164 Å². The van der Waals surface area contributed by atoms with Crippen molar-refractivity contribution >= 4 is 11.8 Å². The van der Waals surface area contributed by atoms with E-state index >= 15 is 0 Å². The molecule has 0 fully saturated rings. The third kappa shape index (κ3) is 4.51. The van der Waals surface area contributed by atoms with Crippen LogP contribution in [0, 0.1) is 0 Å². The number of aliphatic hydroxyl groups is 1. The SMILES string of the molecule is CCc1cccc(OCCN(CC)C(=O)c2cc3n(n2)CC(O)CNC3=O)c1. The molecule has 0 aliphatic carbocycles. The second-order valence-corrected chi connectivity index (χ2v) is 6.70. The maximum absolute atomic E-state index is 12.8. The van der Waals surface area contributed by atoms with Crippen molar-refractivity contribution < 1.29 is 19.4 Å². The lowest BCUT2D eigenvalue weighted by atomic mass is 10.2. The molecule has 8 heteroatoms. The van der Waals surface area contributed by atoms with Gasteiger partial charge in [0, 0.05) is 19.2 Å². The molecule has 0 saturated carbocycles. The monoisotopic (exact) mass is 386 g/mol. The first-order chi connectivity index (χ1) is 13.5. The minimum atomic E-state index is -0.734. The largest absolute Gasteiger partial charge is 0.492 e. The first-order valence-electron chi connectivity index (χ1n) is 9.57. The van der Waals surface area contributed by atoms with Crippen LogP contribution in [0.15, 0.2) is 30.3 Å². The number of hydrogen-bond donors (Lipinski definition) is 2. The Balaban J connectivity index is 1.64. The fourth-order valence-corrected chi connectivity index (χ4v) is 3.10. The molecule has 0 spiro atoms. The van der Waals surface area contributed by atoms with Gasteiger partial charge in [-0.1, -0.05) is 19.1 Å². The van der Waals surface area contributed by atoms with E-state index in [2.05, 4.69) is 17.3 Å². The minimum absolute atomic E-state index is 0.170. The number of nitrogens with zero attached hydrogens (tertiary/aromatic N) is 3. The Kier molecular flexibility index (Phi) is 6.30. The van der Waals surface area contributed by atoms with Crippen molar-refractivity contribution in [2.75, 3.05) is 26.2 Å². The van der Waals surface area contributed by atoms with Gasteiger partial charge in [-0.2, -0.15) is 5.10 Å². The molecule has 1 aliphatic rings. The molecule has 28 heavy (non-hydrogen) atoms. The van der Waals surface area contributed by atoms with Crippen molar-refractivity contribution in [3.63, 3.8) is 0 Å². The fraction of sp³-hybridized carbons (Fsp3) is 0.450. The number of benzene rings is 1. The van der Waals surface area contributed by atoms with Crippen molar-refractivity contribution in [3.8, 4) is 5.75 Å². The summed E-state index contributed by atoms with van der Waals surface area (Å²) in [4.78, 5) is 26.5. The zero-order valence-corrected chi connectivity index (χ0v) is 16.2. The van der Waals surface area contributed by atoms with Gasteiger partial charge in [-0.25, -0.2) is 0 Å².